The van der Waals surface area contributed by atoms with Crippen LogP contribution >= 0.6 is 11.3 Å². The lowest BCUT2D eigenvalue weighted by molar-refractivity contribution is -0.896. The first-order valence-electron chi connectivity index (χ1n) is 8.90. The fourth-order valence-corrected chi connectivity index (χ4v) is 4.05. The van der Waals surface area contributed by atoms with Gasteiger partial charge in [0.25, 0.3) is 5.91 Å². The summed E-state index contributed by atoms with van der Waals surface area (Å²) in [7, 11) is 1.82. The Balaban J connectivity index is 1.48. The zero-order valence-corrected chi connectivity index (χ0v) is 16.1. The van der Waals surface area contributed by atoms with E-state index in [2.05, 4.69) is 4.98 Å². The van der Waals surface area contributed by atoms with Crippen molar-refractivity contribution in [2.24, 2.45) is 0 Å². The van der Waals surface area contributed by atoms with E-state index in [-0.39, 0.29) is 12.0 Å². The maximum atomic E-state index is 12.5. The molecule has 1 aromatic carbocycles. The standard InChI is InChI=1S/C18H24N4O3S/c1-3-25-18(24)22-10-8-21(9-11-22)13-17(23)20(2)12-16-19-14-6-4-5-7-15(14)26-16/h4-7H,3,8-13H2,1-2H3/p+1. The number of benzene rings is 1. The molecule has 2 heterocycles. The molecule has 1 fully saturated rings. The average molecular weight is 377 g/mol. The number of fused-ring (bicyclic) bond motifs is 1. The summed E-state index contributed by atoms with van der Waals surface area (Å²) in [6, 6.07) is 8.01. The van der Waals surface area contributed by atoms with Gasteiger partial charge in [-0.2, -0.15) is 0 Å². The Morgan fingerprint density at radius 2 is 2.04 bits per heavy atom. The summed E-state index contributed by atoms with van der Waals surface area (Å²) < 4.78 is 6.17. The molecule has 0 atom stereocenters. The Kier molecular flexibility index (Phi) is 6.05. The first-order valence-corrected chi connectivity index (χ1v) is 9.72. The fraction of sp³-hybridized carbons (Fsp3) is 0.500. The largest absolute Gasteiger partial charge is 0.450 e. The van der Waals surface area contributed by atoms with Crippen LogP contribution in [0.4, 0.5) is 4.79 Å². The summed E-state index contributed by atoms with van der Waals surface area (Å²) >= 11 is 1.63. The Hall–Kier alpha value is -2.19. The molecule has 7 nitrogen and oxygen atoms in total. The SMILES string of the molecule is CCOC(=O)N1CC[NH+](CC(=O)N(C)Cc2nc3ccccc3s2)CC1. The quantitative estimate of drug-likeness (QED) is 0.829. The Bertz CT molecular complexity index is 738. The number of thiazole rings is 1. The molecule has 26 heavy (non-hydrogen) atoms. The van der Waals surface area contributed by atoms with E-state index < -0.39 is 0 Å². The van der Waals surface area contributed by atoms with Crippen LogP contribution in [0, 0.1) is 0 Å². The predicted molar refractivity (Wildman–Crippen MR) is 100 cm³/mol. The minimum atomic E-state index is -0.258. The van der Waals surface area contributed by atoms with E-state index in [1.807, 2.05) is 31.3 Å². The van der Waals surface area contributed by atoms with Crippen molar-refractivity contribution in [1.82, 2.24) is 14.8 Å². The van der Waals surface area contributed by atoms with Gasteiger partial charge >= 0.3 is 6.09 Å². The Morgan fingerprint density at radius 3 is 2.73 bits per heavy atom. The molecule has 2 aromatic rings. The number of hydrogen-bond donors (Lipinski definition) is 1. The van der Waals surface area contributed by atoms with Crippen molar-refractivity contribution in [3.63, 3.8) is 0 Å². The van der Waals surface area contributed by atoms with Crippen LogP contribution in [0.2, 0.25) is 0 Å². The van der Waals surface area contributed by atoms with Crippen LogP contribution in [0.15, 0.2) is 24.3 Å². The molecule has 1 aromatic heterocycles. The molecule has 0 spiro atoms. The zero-order chi connectivity index (χ0) is 18.5. The zero-order valence-electron chi connectivity index (χ0n) is 15.2. The molecule has 3 rings (SSSR count). The second-order valence-electron chi connectivity index (χ2n) is 6.44. The van der Waals surface area contributed by atoms with E-state index in [1.165, 1.54) is 4.90 Å². The predicted octanol–water partition coefficient (Wildman–Crippen LogP) is 0.612. The van der Waals surface area contributed by atoms with Gasteiger partial charge in [-0.3, -0.25) is 9.69 Å². The Morgan fingerprint density at radius 1 is 1.31 bits per heavy atom. The number of quaternary nitrogens is 1. The van der Waals surface area contributed by atoms with Crippen molar-refractivity contribution >= 4 is 33.6 Å². The molecule has 1 N–H and O–H groups in total. The molecule has 2 amide bonds. The third-order valence-corrected chi connectivity index (χ3v) is 5.56. The van der Waals surface area contributed by atoms with Gasteiger partial charge in [-0.1, -0.05) is 12.1 Å². The van der Waals surface area contributed by atoms with Gasteiger partial charge in [0.2, 0.25) is 0 Å². The van der Waals surface area contributed by atoms with Crippen LogP contribution in [0.25, 0.3) is 10.2 Å². The van der Waals surface area contributed by atoms with Crippen molar-refractivity contribution in [3.8, 4) is 0 Å². The van der Waals surface area contributed by atoms with Crippen LogP contribution in [0.5, 0.6) is 0 Å². The van der Waals surface area contributed by atoms with Gasteiger partial charge in [0, 0.05) is 7.05 Å². The van der Waals surface area contributed by atoms with E-state index in [4.69, 9.17) is 4.74 Å². The highest BCUT2D eigenvalue weighted by atomic mass is 32.1. The number of carbonyl (C=O) groups excluding carboxylic acids is 2. The summed E-state index contributed by atoms with van der Waals surface area (Å²) in [4.78, 5) is 33.5. The molecule has 0 unspecified atom stereocenters. The third-order valence-electron chi connectivity index (χ3n) is 4.53. The summed E-state index contributed by atoms with van der Waals surface area (Å²) in [6.45, 7) is 5.95. The van der Waals surface area contributed by atoms with Gasteiger partial charge in [-0.15, -0.1) is 11.3 Å². The smallest absolute Gasteiger partial charge is 0.410 e. The molecule has 0 bridgehead atoms. The lowest BCUT2D eigenvalue weighted by atomic mass is 10.3. The molecular formula is C18H25N4O3S+. The van der Waals surface area contributed by atoms with Crippen molar-refractivity contribution in [2.75, 3.05) is 46.4 Å². The maximum absolute atomic E-state index is 12.5. The van der Waals surface area contributed by atoms with Gasteiger partial charge in [-0.05, 0) is 19.1 Å². The van der Waals surface area contributed by atoms with E-state index in [1.54, 1.807) is 28.1 Å². The number of likely N-dealkylation sites (N-methyl/N-ethyl adjacent to an activating group) is 1. The summed E-state index contributed by atoms with van der Waals surface area (Å²) in [5.41, 5.74) is 0.981. The molecule has 1 aliphatic rings. The van der Waals surface area contributed by atoms with Crippen molar-refractivity contribution in [2.45, 2.75) is 13.5 Å². The average Bonchev–Trinajstić information content (AvgIpc) is 3.04. The topological polar surface area (TPSA) is 67.2 Å². The minimum Gasteiger partial charge on any atom is -0.450 e. The van der Waals surface area contributed by atoms with Crippen LogP contribution in [0.3, 0.4) is 0 Å². The highest BCUT2D eigenvalue weighted by Gasteiger charge is 2.27. The van der Waals surface area contributed by atoms with Crippen LogP contribution < -0.4 is 4.90 Å². The second kappa shape index (κ2) is 8.46. The maximum Gasteiger partial charge on any atom is 0.410 e. The number of rotatable bonds is 5. The minimum absolute atomic E-state index is 0.101. The van der Waals surface area contributed by atoms with E-state index >= 15 is 0 Å². The van der Waals surface area contributed by atoms with Crippen molar-refractivity contribution in [1.29, 1.82) is 0 Å². The second-order valence-corrected chi connectivity index (χ2v) is 7.55. The summed E-state index contributed by atoms with van der Waals surface area (Å²) in [6.07, 6.45) is -0.258. The number of nitrogens with zero attached hydrogens (tertiary/aromatic N) is 3. The lowest BCUT2D eigenvalue weighted by Gasteiger charge is -2.31. The number of nitrogens with one attached hydrogen (secondary N) is 1. The van der Waals surface area contributed by atoms with Crippen LogP contribution in [-0.4, -0.2) is 73.2 Å². The van der Waals surface area contributed by atoms with Gasteiger partial charge in [0.05, 0.1) is 49.5 Å². The molecule has 140 valence electrons. The number of aromatic nitrogens is 1. The van der Waals surface area contributed by atoms with E-state index in [9.17, 15) is 9.59 Å². The number of ether oxygens (including phenoxy) is 1. The van der Waals surface area contributed by atoms with Gasteiger partial charge < -0.3 is 14.5 Å². The highest BCUT2D eigenvalue weighted by Crippen LogP contribution is 2.22. The fourth-order valence-electron chi connectivity index (χ4n) is 3.02. The van der Waals surface area contributed by atoms with Crippen LogP contribution in [0.1, 0.15) is 11.9 Å². The van der Waals surface area contributed by atoms with Crippen molar-refractivity contribution in [3.05, 3.63) is 29.3 Å². The first kappa shape index (κ1) is 18.6. The third kappa shape index (κ3) is 4.50. The van der Waals surface area contributed by atoms with E-state index in [0.29, 0.717) is 32.8 Å². The van der Waals surface area contributed by atoms with Gasteiger partial charge in [0.1, 0.15) is 5.01 Å². The molecule has 8 heteroatoms. The molecule has 0 aliphatic carbocycles. The number of para-hydroxylation sites is 1. The monoisotopic (exact) mass is 377 g/mol. The Labute approximate surface area is 157 Å². The molecule has 0 saturated carbocycles. The van der Waals surface area contributed by atoms with Crippen molar-refractivity contribution < 1.29 is 19.2 Å². The molecule has 0 radical (unpaired) electrons. The van der Waals surface area contributed by atoms with Crippen LogP contribution in [-0.2, 0) is 16.1 Å². The van der Waals surface area contributed by atoms with E-state index in [0.717, 1.165) is 28.3 Å². The number of piperazine rings is 1. The summed E-state index contributed by atoms with van der Waals surface area (Å²) in [5, 5.41) is 0.948. The van der Waals surface area contributed by atoms with Gasteiger partial charge in [0.15, 0.2) is 6.54 Å². The highest BCUT2D eigenvalue weighted by molar-refractivity contribution is 7.18. The molecule has 1 saturated heterocycles. The lowest BCUT2D eigenvalue weighted by Crippen LogP contribution is -3.15. The number of carbonyl (C=O) groups is 2. The first-order chi connectivity index (χ1) is 12.6. The number of hydrogen-bond acceptors (Lipinski definition) is 5. The molecule has 1 aliphatic heterocycles. The summed E-state index contributed by atoms with van der Waals surface area (Å²) in [5.74, 6) is 0.101. The van der Waals surface area contributed by atoms with Gasteiger partial charge in [-0.25, -0.2) is 9.78 Å². The molecular weight excluding hydrogens is 352 g/mol. The normalized spacial score (nSPS) is 15.2. The number of amides is 2.